The van der Waals surface area contributed by atoms with E-state index < -0.39 is 0 Å². The highest BCUT2D eigenvalue weighted by atomic mass is 16.5. The summed E-state index contributed by atoms with van der Waals surface area (Å²) in [7, 11) is 0. The van der Waals surface area contributed by atoms with Crippen molar-refractivity contribution >= 4 is 11.8 Å². The van der Waals surface area contributed by atoms with Gasteiger partial charge in [0.15, 0.2) is 0 Å². The first-order valence-corrected chi connectivity index (χ1v) is 21.1. The van der Waals surface area contributed by atoms with Crippen molar-refractivity contribution in [1.29, 1.82) is 0 Å². The van der Waals surface area contributed by atoms with E-state index in [2.05, 4.69) is 62.4 Å². The number of H-pyrrole nitrogens is 2. The molecule has 3 aliphatic heterocycles. The second kappa shape index (κ2) is 17.8. The highest BCUT2D eigenvalue weighted by Crippen LogP contribution is 2.38. The van der Waals surface area contributed by atoms with Gasteiger partial charge in [-0.25, -0.2) is 9.97 Å². The molecule has 4 aromatic heterocycles. The number of rotatable bonds is 6. The molecular weight excluding hydrogens is 741 g/mol. The van der Waals surface area contributed by atoms with E-state index in [1.165, 1.54) is 0 Å². The molecule has 2 amide bonds. The van der Waals surface area contributed by atoms with Gasteiger partial charge in [0.25, 0.3) is 5.91 Å². The molecule has 3 aliphatic rings. The number of carbonyl (C=O) groups excluding carboxylic acids is 2. The van der Waals surface area contributed by atoms with Gasteiger partial charge in [0.05, 0.1) is 55.0 Å². The van der Waals surface area contributed by atoms with Gasteiger partial charge in [-0.3, -0.25) is 19.6 Å². The Bertz CT molecular complexity index is 2340. The van der Waals surface area contributed by atoms with Crippen molar-refractivity contribution in [3.05, 3.63) is 127 Å². The van der Waals surface area contributed by atoms with Crippen molar-refractivity contribution in [2.75, 3.05) is 26.3 Å². The standard InChI is InChI=1S/C47H50N8O4/c56-44(27-35-12-5-7-21-48-35)54-23-11-14-41(54)45-50-29-39(52-45)33-17-15-32(16-18-33)34-19-20-37-40-30-51-46(53-40)42-28-36(31-55(42)47(57)38-13-6-8-22-49-38)58-24-9-3-1-2-4-10-25-59-43(37)26-34/h5-8,12-13,15-22,26,29-30,36,41-42H,1-4,9-11,14,23-25,27-28,31H2,(H,50,52)(H,51,53)/t36-,41-,42-/m0/s1. The normalized spacial score (nSPS) is 20.0. The predicted molar refractivity (Wildman–Crippen MR) is 224 cm³/mol. The van der Waals surface area contributed by atoms with Crippen molar-refractivity contribution in [2.45, 2.75) is 82.4 Å². The molecule has 2 N–H and O–H groups in total. The van der Waals surface area contributed by atoms with Gasteiger partial charge in [-0.05, 0) is 78.8 Å². The van der Waals surface area contributed by atoms with E-state index in [4.69, 9.17) is 19.4 Å². The number of amides is 2. The van der Waals surface area contributed by atoms with Crippen LogP contribution < -0.4 is 4.74 Å². The topological polar surface area (TPSA) is 142 Å². The van der Waals surface area contributed by atoms with Gasteiger partial charge in [0.2, 0.25) is 5.91 Å². The number of likely N-dealkylation sites (tertiary alicyclic amines) is 2. The maximum atomic E-state index is 13.8. The minimum absolute atomic E-state index is 0.0726. The van der Waals surface area contributed by atoms with E-state index in [-0.39, 0.29) is 36.4 Å². The summed E-state index contributed by atoms with van der Waals surface area (Å²) < 4.78 is 12.9. The van der Waals surface area contributed by atoms with E-state index in [1.54, 1.807) is 18.5 Å². The van der Waals surface area contributed by atoms with Crippen LogP contribution in [0.4, 0.5) is 0 Å². The third-order valence-corrected chi connectivity index (χ3v) is 11.8. The third-order valence-electron chi connectivity index (χ3n) is 11.8. The van der Waals surface area contributed by atoms with Crippen LogP contribution in [0.15, 0.2) is 104 Å². The van der Waals surface area contributed by atoms with E-state index >= 15 is 0 Å². The number of fused-ring (bicyclic) bond motifs is 7. The van der Waals surface area contributed by atoms with Gasteiger partial charge in [-0.2, -0.15) is 0 Å². The predicted octanol–water partition coefficient (Wildman–Crippen LogP) is 8.54. The molecule has 0 aliphatic carbocycles. The number of carbonyl (C=O) groups is 2. The number of aromatic nitrogens is 6. The number of hydrogen-bond donors (Lipinski definition) is 2. The minimum Gasteiger partial charge on any atom is -0.493 e. The number of pyridine rings is 2. The Morgan fingerprint density at radius 2 is 1.39 bits per heavy atom. The van der Waals surface area contributed by atoms with E-state index in [9.17, 15) is 9.59 Å². The Balaban J connectivity index is 0.943. The molecular formula is C47H50N8O4. The number of ether oxygens (including phenoxy) is 2. The van der Waals surface area contributed by atoms with Crippen molar-refractivity contribution < 1.29 is 19.1 Å². The highest BCUT2D eigenvalue weighted by molar-refractivity contribution is 5.92. The fourth-order valence-electron chi connectivity index (χ4n) is 8.67. The minimum atomic E-state index is -0.271. The quantitative estimate of drug-likeness (QED) is 0.171. The maximum absolute atomic E-state index is 13.8. The Morgan fingerprint density at radius 3 is 2.19 bits per heavy atom. The lowest BCUT2D eigenvalue weighted by molar-refractivity contribution is -0.131. The van der Waals surface area contributed by atoms with Crippen molar-refractivity contribution in [1.82, 2.24) is 39.7 Å². The molecule has 0 unspecified atom stereocenters. The van der Waals surface area contributed by atoms with Crippen LogP contribution in [0.25, 0.3) is 33.6 Å². The number of aromatic amines is 2. The molecule has 3 atom stereocenters. The lowest BCUT2D eigenvalue weighted by atomic mass is 10.00. The molecule has 4 bridgehead atoms. The number of hydrogen-bond acceptors (Lipinski definition) is 8. The fraction of sp³-hybridized carbons (Fsp3) is 0.362. The third kappa shape index (κ3) is 8.68. The molecule has 302 valence electrons. The van der Waals surface area contributed by atoms with Gasteiger partial charge >= 0.3 is 0 Å². The molecule has 6 aromatic rings. The lowest BCUT2D eigenvalue weighted by Crippen LogP contribution is -2.33. The summed E-state index contributed by atoms with van der Waals surface area (Å²) >= 11 is 0. The zero-order valence-corrected chi connectivity index (χ0v) is 33.3. The summed E-state index contributed by atoms with van der Waals surface area (Å²) in [6.07, 6.45) is 16.3. The van der Waals surface area contributed by atoms with Crippen LogP contribution in [-0.4, -0.2) is 83.9 Å². The molecule has 0 radical (unpaired) electrons. The molecule has 12 nitrogen and oxygen atoms in total. The monoisotopic (exact) mass is 790 g/mol. The number of nitrogens with zero attached hydrogens (tertiary/aromatic N) is 6. The second-order valence-electron chi connectivity index (χ2n) is 15.8. The average molecular weight is 791 g/mol. The molecule has 9 rings (SSSR count). The molecule has 0 spiro atoms. The van der Waals surface area contributed by atoms with E-state index in [1.807, 2.05) is 52.5 Å². The largest absolute Gasteiger partial charge is 0.493 e. The van der Waals surface area contributed by atoms with Crippen LogP contribution >= 0.6 is 0 Å². The Morgan fingerprint density at radius 1 is 0.678 bits per heavy atom. The molecule has 2 aromatic carbocycles. The number of benzene rings is 2. The summed E-state index contributed by atoms with van der Waals surface area (Å²) in [6.45, 7) is 2.52. The van der Waals surface area contributed by atoms with Crippen LogP contribution in [0, 0.1) is 0 Å². The Labute approximate surface area is 344 Å². The number of imidazole rings is 2. The van der Waals surface area contributed by atoms with Crippen LogP contribution in [0.5, 0.6) is 5.75 Å². The summed E-state index contributed by atoms with van der Waals surface area (Å²) in [4.78, 5) is 56.2. The van der Waals surface area contributed by atoms with Crippen molar-refractivity contribution in [2.24, 2.45) is 0 Å². The lowest BCUT2D eigenvalue weighted by Gasteiger charge is -2.23. The van der Waals surface area contributed by atoms with Gasteiger partial charge in [0, 0.05) is 49.8 Å². The van der Waals surface area contributed by atoms with Crippen LogP contribution in [-0.2, 0) is 16.0 Å². The summed E-state index contributed by atoms with van der Waals surface area (Å²) in [6, 6.07) is 25.5. The first-order valence-electron chi connectivity index (χ1n) is 21.1. The van der Waals surface area contributed by atoms with E-state index in [0.717, 1.165) is 115 Å². The zero-order valence-electron chi connectivity index (χ0n) is 33.3. The summed E-state index contributed by atoms with van der Waals surface area (Å²) in [5.41, 5.74) is 6.98. The average Bonchev–Trinajstić information content (AvgIpc) is 4.12. The molecule has 7 heterocycles. The summed E-state index contributed by atoms with van der Waals surface area (Å²) in [5.74, 6) is 2.27. The first kappa shape index (κ1) is 38.4. The maximum Gasteiger partial charge on any atom is 0.273 e. The Kier molecular flexibility index (Phi) is 11.6. The first-order chi connectivity index (χ1) is 29.1. The van der Waals surface area contributed by atoms with Crippen LogP contribution in [0.1, 0.15) is 97.7 Å². The van der Waals surface area contributed by atoms with Gasteiger partial charge in [-0.15, -0.1) is 0 Å². The fourth-order valence-corrected chi connectivity index (χ4v) is 8.67. The van der Waals surface area contributed by atoms with E-state index in [0.29, 0.717) is 31.9 Å². The molecule has 12 heteroatoms. The van der Waals surface area contributed by atoms with Crippen molar-refractivity contribution in [3.8, 4) is 39.4 Å². The summed E-state index contributed by atoms with van der Waals surface area (Å²) in [5, 5.41) is 0. The van der Waals surface area contributed by atoms with Gasteiger partial charge < -0.3 is 29.2 Å². The molecule has 59 heavy (non-hydrogen) atoms. The van der Waals surface area contributed by atoms with Crippen LogP contribution in [0.2, 0.25) is 0 Å². The molecule has 2 saturated heterocycles. The molecule has 2 fully saturated rings. The van der Waals surface area contributed by atoms with Gasteiger partial charge in [-0.1, -0.05) is 68.1 Å². The SMILES string of the molecule is O=C(Cc1ccccn1)N1CCC[C@H]1c1ncc(-c2ccc(-c3ccc4c(c3)OCCCCCCCCO[C@H]3C[C@@H](c5ncc-4[nH]5)N(C(=O)c4ccccn4)C3)cc2)[nH]1. The van der Waals surface area contributed by atoms with Crippen LogP contribution in [0.3, 0.4) is 0 Å². The van der Waals surface area contributed by atoms with Crippen molar-refractivity contribution in [3.63, 3.8) is 0 Å². The van der Waals surface area contributed by atoms with Gasteiger partial charge in [0.1, 0.15) is 23.1 Å². The zero-order chi connectivity index (χ0) is 40.0. The molecule has 0 saturated carbocycles. The Hall–Kier alpha value is -6.14. The number of nitrogens with one attached hydrogen (secondary N) is 2. The second-order valence-corrected chi connectivity index (χ2v) is 15.8. The highest BCUT2D eigenvalue weighted by Gasteiger charge is 2.39. The smallest absolute Gasteiger partial charge is 0.273 e.